The number of carboxylic acids is 1. The number of rotatable bonds is 2. The van der Waals surface area contributed by atoms with Crippen LogP contribution in [0.1, 0.15) is 9.67 Å². The first-order chi connectivity index (χ1) is 7.58. The fourth-order valence-electron chi connectivity index (χ4n) is 1.36. The smallest absolute Gasteiger partial charge is 0.348 e. The van der Waals surface area contributed by atoms with Crippen molar-refractivity contribution in [3.63, 3.8) is 0 Å². The third kappa shape index (κ3) is 2.03. The third-order valence-electron chi connectivity index (χ3n) is 2.06. The van der Waals surface area contributed by atoms with Crippen LogP contribution < -0.4 is 5.73 Å². The van der Waals surface area contributed by atoms with Gasteiger partial charge in [-0.15, -0.1) is 11.3 Å². The van der Waals surface area contributed by atoms with Gasteiger partial charge in [0, 0.05) is 9.90 Å². The summed E-state index contributed by atoms with van der Waals surface area (Å²) in [4.78, 5) is 11.8. The molecule has 0 saturated carbocycles. The minimum Gasteiger partial charge on any atom is -0.477 e. The van der Waals surface area contributed by atoms with Gasteiger partial charge in [0.15, 0.2) is 0 Å². The van der Waals surface area contributed by atoms with E-state index in [4.69, 9.17) is 22.4 Å². The second kappa shape index (κ2) is 4.15. The molecule has 5 heteroatoms. The number of nitrogens with two attached hydrogens (primary N) is 1. The van der Waals surface area contributed by atoms with Crippen LogP contribution in [0.2, 0.25) is 5.02 Å². The highest BCUT2D eigenvalue weighted by Gasteiger charge is 2.13. The molecule has 3 nitrogen and oxygen atoms in total. The minimum atomic E-state index is -1.00. The summed E-state index contributed by atoms with van der Waals surface area (Å²) in [6.45, 7) is 0. The maximum atomic E-state index is 10.8. The first-order valence-electron chi connectivity index (χ1n) is 4.46. The number of nitrogen functional groups attached to an aromatic ring is 1. The lowest BCUT2D eigenvalue weighted by molar-refractivity contribution is 0.0703. The summed E-state index contributed by atoms with van der Waals surface area (Å²) < 4.78 is 0. The molecule has 2 rings (SSSR count). The van der Waals surface area contributed by atoms with Crippen LogP contribution in [0.4, 0.5) is 5.69 Å². The van der Waals surface area contributed by atoms with E-state index in [9.17, 15) is 4.79 Å². The highest BCUT2D eigenvalue weighted by molar-refractivity contribution is 7.17. The Hall–Kier alpha value is -1.52. The van der Waals surface area contributed by atoms with Crippen LogP contribution in [0.5, 0.6) is 0 Å². The Morgan fingerprint density at radius 2 is 2.12 bits per heavy atom. The lowest BCUT2D eigenvalue weighted by Gasteiger charge is -1.96. The molecular weight excluding hydrogens is 246 g/mol. The van der Waals surface area contributed by atoms with Gasteiger partial charge in [0.1, 0.15) is 4.88 Å². The Morgan fingerprint density at radius 1 is 1.38 bits per heavy atom. The zero-order valence-electron chi connectivity index (χ0n) is 8.11. The van der Waals surface area contributed by atoms with Crippen molar-refractivity contribution in [1.82, 2.24) is 0 Å². The molecule has 3 N–H and O–H groups in total. The maximum absolute atomic E-state index is 10.8. The van der Waals surface area contributed by atoms with Crippen LogP contribution in [-0.2, 0) is 0 Å². The number of carboxylic acid groups (broad SMARTS) is 1. The number of hydrogen-bond donors (Lipinski definition) is 2. The molecule has 1 heterocycles. The zero-order chi connectivity index (χ0) is 11.7. The first-order valence-corrected chi connectivity index (χ1v) is 5.66. The molecule has 1 aromatic carbocycles. The van der Waals surface area contributed by atoms with E-state index in [2.05, 4.69) is 0 Å². The fraction of sp³-hybridized carbons (Fsp3) is 0. The van der Waals surface area contributed by atoms with Gasteiger partial charge in [-0.3, -0.25) is 0 Å². The van der Waals surface area contributed by atoms with Crippen LogP contribution in [0, 0.1) is 0 Å². The van der Waals surface area contributed by atoms with Gasteiger partial charge >= 0.3 is 5.97 Å². The highest BCUT2D eigenvalue weighted by Crippen LogP contribution is 2.34. The van der Waals surface area contributed by atoms with Gasteiger partial charge < -0.3 is 10.8 Å². The van der Waals surface area contributed by atoms with Crippen molar-refractivity contribution in [2.75, 3.05) is 5.73 Å². The molecule has 0 aliphatic heterocycles. The van der Waals surface area contributed by atoms with Crippen molar-refractivity contribution < 1.29 is 9.90 Å². The van der Waals surface area contributed by atoms with Crippen LogP contribution in [-0.4, -0.2) is 11.1 Å². The van der Waals surface area contributed by atoms with E-state index in [1.54, 1.807) is 18.2 Å². The Kier molecular flexibility index (Phi) is 2.85. The molecule has 1 aromatic heterocycles. The summed E-state index contributed by atoms with van der Waals surface area (Å²) in [6.07, 6.45) is 0. The van der Waals surface area contributed by atoms with E-state index >= 15 is 0 Å². The van der Waals surface area contributed by atoms with Crippen molar-refractivity contribution in [2.24, 2.45) is 0 Å². The van der Waals surface area contributed by atoms with Crippen molar-refractivity contribution in [1.29, 1.82) is 0 Å². The Bertz CT molecular complexity index is 551. The Labute approximate surface area is 101 Å². The van der Waals surface area contributed by atoms with E-state index < -0.39 is 5.97 Å². The molecule has 0 bridgehead atoms. The molecule has 0 amide bonds. The molecule has 0 atom stereocenters. The second-order valence-electron chi connectivity index (χ2n) is 3.21. The van der Waals surface area contributed by atoms with Gasteiger partial charge in [-0.2, -0.15) is 0 Å². The van der Waals surface area contributed by atoms with Crippen LogP contribution in [0.3, 0.4) is 0 Å². The molecule has 0 aliphatic rings. The summed E-state index contributed by atoms with van der Waals surface area (Å²) in [5.41, 5.74) is 6.77. The Balaban J connectivity index is 2.49. The number of anilines is 1. The van der Waals surface area contributed by atoms with Crippen molar-refractivity contribution in [3.05, 3.63) is 40.2 Å². The van der Waals surface area contributed by atoms with E-state index in [-0.39, 0.29) is 10.6 Å². The minimum absolute atomic E-state index is 0.162. The number of halogens is 1. The average molecular weight is 254 g/mol. The molecule has 0 fully saturated rings. The second-order valence-corrected chi connectivity index (χ2v) is 4.70. The normalized spacial score (nSPS) is 10.3. The number of carbonyl (C=O) groups is 1. The van der Waals surface area contributed by atoms with Crippen LogP contribution in [0.25, 0.3) is 10.4 Å². The molecule has 16 heavy (non-hydrogen) atoms. The molecule has 0 aliphatic carbocycles. The predicted octanol–water partition coefficient (Wildman–Crippen LogP) is 3.35. The molecule has 0 spiro atoms. The number of benzene rings is 1. The fourth-order valence-corrected chi connectivity index (χ4v) is 2.46. The van der Waals surface area contributed by atoms with Crippen LogP contribution >= 0.6 is 22.9 Å². The monoisotopic (exact) mass is 253 g/mol. The van der Waals surface area contributed by atoms with Gasteiger partial charge in [0.05, 0.1) is 5.69 Å². The SMILES string of the molecule is Nc1cc(-c2cccc(Cl)c2)sc1C(=O)O. The average Bonchev–Trinajstić information content (AvgIpc) is 2.60. The van der Waals surface area contributed by atoms with Crippen molar-refractivity contribution in [2.45, 2.75) is 0 Å². The number of hydrogen-bond acceptors (Lipinski definition) is 3. The van der Waals surface area contributed by atoms with Crippen molar-refractivity contribution in [3.8, 4) is 10.4 Å². The Morgan fingerprint density at radius 3 is 2.69 bits per heavy atom. The van der Waals surface area contributed by atoms with Crippen LogP contribution in [0.15, 0.2) is 30.3 Å². The van der Waals surface area contributed by atoms with Crippen molar-refractivity contribution >= 4 is 34.6 Å². The number of aromatic carboxylic acids is 1. The van der Waals surface area contributed by atoms with Gasteiger partial charge in [0.2, 0.25) is 0 Å². The highest BCUT2D eigenvalue weighted by atomic mass is 35.5. The van der Waals surface area contributed by atoms with E-state index in [0.29, 0.717) is 5.02 Å². The summed E-state index contributed by atoms with van der Waals surface area (Å²) in [7, 11) is 0. The summed E-state index contributed by atoms with van der Waals surface area (Å²) >= 11 is 7.01. The standard InChI is InChI=1S/C11H8ClNO2S/c12-7-3-1-2-6(4-7)9-5-8(13)10(16-9)11(14)15/h1-5H,13H2,(H,14,15). The van der Waals surface area contributed by atoms with Gasteiger partial charge in [-0.1, -0.05) is 23.7 Å². The first kappa shape index (κ1) is 11.0. The molecular formula is C11H8ClNO2S. The zero-order valence-corrected chi connectivity index (χ0v) is 9.68. The largest absolute Gasteiger partial charge is 0.477 e. The van der Waals surface area contributed by atoms with E-state index in [1.165, 1.54) is 0 Å². The molecule has 2 aromatic rings. The third-order valence-corrected chi connectivity index (χ3v) is 3.49. The summed E-state index contributed by atoms with van der Waals surface area (Å²) in [5, 5.41) is 9.50. The quantitative estimate of drug-likeness (QED) is 0.863. The van der Waals surface area contributed by atoms with E-state index in [0.717, 1.165) is 21.8 Å². The molecule has 0 unspecified atom stereocenters. The molecule has 0 saturated heterocycles. The molecule has 82 valence electrons. The maximum Gasteiger partial charge on any atom is 0.348 e. The lowest BCUT2D eigenvalue weighted by atomic mass is 10.2. The molecule has 0 radical (unpaired) electrons. The topological polar surface area (TPSA) is 63.3 Å². The number of thiophene rings is 1. The summed E-state index contributed by atoms with van der Waals surface area (Å²) in [5.74, 6) is -1.00. The van der Waals surface area contributed by atoms with Gasteiger partial charge in [-0.05, 0) is 23.8 Å². The van der Waals surface area contributed by atoms with E-state index in [1.807, 2.05) is 12.1 Å². The summed E-state index contributed by atoms with van der Waals surface area (Å²) in [6, 6.07) is 8.87. The predicted molar refractivity (Wildman–Crippen MR) is 66.1 cm³/mol. The lowest BCUT2D eigenvalue weighted by Crippen LogP contribution is -1.96. The van der Waals surface area contributed by atoms with Gasteiger partial charge in [-0.25, -0.2) is 4.79 Å². The van der Waals surface area contributed by atoms with Gasteiger partial charge in [0.25, 0.3) is 0 Å².